The van der Waals surface area contributed by atoms with Crippen LogP contribution < -0.4 is 5.32 Å². The lowest BCUT2D eigenvalue weighted by Gasteiger charge is -2.38. The van der Waals surface area contributed by atoms with Crippen molar-refractivity contribution in [1.82, 2.24) is 5.32 Å². The Bertz CT molecular complexity index is 412. The van der Waals surface area contributed by atoms with E-state index in [1.807, 2.05) is 12.1 Å². The molecule has 1 N–H and O–H groups in total. The zero-order valence-electron chi connectivity index (χ0n) is 13.7. The molecule has 0 radical (unpaired) electrons. The van der Waals surface area contributed by atoms with Gasteiger partial charge in [-0.3, -0.25) is 0 Å². The number of rotatable bonds is 6. The first kappa shape index (κ1) is 16.5. The molecule has 1 aliphatic carbocycles. The molecule has 118 valence electrons. The van der Waals surface area contributed by atoms with Gasteiger partial charge in [0.15, 0.2) is 0 Å². The monoisotopic (exact) mass is 291 g/mol. The molecule has 0 saturated heterocycles. The second-order valence-corrected chi connectivity index (χ2v) is 6.97. The first-order valence-electron chi connectivity index (χ1n) is 8.58. The minimum atomic E-state index is -0.136. The van der Waals surface area contributed by atoms with Crippen LogP contribution in [0.5, 0.6) is 0 Å². The van der Waals surface area contributed by atoms with Crippen molar-refractivity contribution in [3.8, 4) is 0 Å². The van der Waals surface area contributed by atoms with Crippen molar-refractivity contribution < 1.29 is 4.39 Å². The van der Waals surface area contributed by atoms with Gasteiger partial charge in [0, 0.05) is 6.04 Å². The number of benzene rings is 1. The Labute approximate surface area is 129 Å². The molecule has 0 aliphatic heterocycles. The maximum atomic E-state index is 13.1. The quantitative estimate of drug-likeness (QED) is 0.793. The van der Waals surface area contributed by atoms with Gasteiger partial charge in [-0.25, -0.2) is 4.39 Å². The second kappa shape index (κ2) is 7.93. The number of nitrogens with one attached hydrogen (secondary N) is 1. The minimum absolute atomic E-state index is 0.136. The van der Waals surface area contributed by atoms with E-state index in [2.05, 4.69) is 26.1 Å². The molecule has 1 aromatic carbocycles. The van der Waals surface area contributed by atoms with Crippen LogP contribution in [-0.4, -0.2) is 12.6 Å². The molecule has 0 aromatic heterocycles. The highest BCUT2D eigenvalue weighted by atomic mass is 19.1. The maximum Gasteiger partial charge on any atom is 0.123 e. The molecule has 3 atom stereocenters. The summed E-state index contributed by atoms with van der Waals surface area (Å²) < 4.78 is 13.1. The van der Waals surface area contributed by atoms with Gasteiger partial charge in [0.05, 0.1) is 0 Å². The first-order chi connectivity index (χ1) is 10.1. The van der Waals surface area contributed by atoms with E-state index in [1.165, 1.54) is 31.2 Å². The molecule has 0 spiro atoms. The van der Waals surface area contributed by atoms with Gasteiger partial charge in [0.25, 0.3) is 0 Å². The zero-order valence-corrected chi connectivity index (χ0v) is 13.7. The van der Waals surface area contributed by atoms with Crippen LogP contribution in [0, 0.1) is 23.6 Å². The van der Waals surface area contributed by atoms with Crippen molar-refractivity contribution in [1.29, 1.82) is 0 Å². The van der Waals surface area contributed by atoms with Crippen LogP contribution in [-0.2, 0) is 6.42 Å². The van der Waals surface area contributed by atoms with Gasteiger partial charge in [-0.2, -0.15) is 0 Å². The molecular formula is C19H30FN. The largest absolute Gasteiger partial charge is 0.314 e. The molecule has 1 nitrogen and oxygen atoms in total. The summed E-state index contributed by atoms with van der Waals surface area (Å²) in [5.74, 6) is 2.16. The topological polar surface area (TPSA) is 12.0 Å². The number of hydrogen-bond acceptors (Lipinski definition) is 1. The minimum Gasteiger partial charge on any atom is -0.314 e. The first-order valence-corrected chi connectivity index (χ1v) is 8.58. The van der Waals surface area contributed by atoms with E-state index in [0.29, 0.717) is 12.0 Å². The van der Waals surface area contributed by atoms with Crippen LogP contribution in [0.2, 0.25) is 0 Å². The van der Waals surface area contributed by atoms with Gasteiger partial charge in [-0.1, -0.05) is 32.9 Å². The fourth-order valence-electron chi connectivity index (χ4n) is 3.65. The molecule has 1 fully saturated rings. The number of hydrogen-bond donors (Lipinski definition) is 1. The maximum absolute atomic E-state index is 13.1. The molecule has 2 rings (SSSR count). The van der Waals surface area contributed by atoms with E-state index in [9.17, 15) is 4.39 Å². The molecule has 3 unspecified atom stereocenters. The Hall–Kier alpha value is -0.890. The highest BCUT2D eigenvalue weighted by Gasteiger charge is 2.31. The third kappa shape index (κ3) is 4.81. The number of halogens is 1. The Morgan fingerprint density at radius 3 is 2.52 bits per heavy atom. The summed E-state index contributed by atoms with van der Waals surface area (Å²) in [7, 11) is 0. The molecule has 1 aliphatic rings. The van der Waals surface area contributed by atoms with Gasteiger partial charge < -0.3 is 5.32 Å². The summed E-state index contributed by atoms with van der Waals surface area (Å²) in [5.41, 5.74) is 1.27. The Morgan fingerprint density at radius 1 is 1.19 bits per heavy atom. The van der Waals surface area contributed by atoms with Crippen LogP contribution in [0.25, 0.3) is 0 Å². The van der Waals surface area contributed by atoms with E-state index < -0.39 is 0 Å². The summed E-state index contributed by atoms with van der Waals surface area (Å²) >= 11 is 0. The Morgan fingerprint density at radius 2 is 1.90 bits per heavy atom. The standard InChI is InChI=1S/C19H30FN/c1-4-11-21-19-10-7-16(14(2)3)13-17(19)12-15-5-8-18(20)9-6-15/h5-6,8-9,14,16-17,19,21H,4,7,10-13H2,1-3H3. The average Bonchev–Trinajstić information content (AvgIpc) is 2.48. The lowest BCUT2D eigenvalue weighted by Crippen LogP contribution is -2.42. The van der Waals surface area contributed by atoms with Crippen LogP contribution in [0.1, 0.15) is 52.0 Å². The molecule has 0 amide bonds. The van der Waals surface area contributed by atoms with E-state index in [-0.39, 0.29) is 5.82 Å². The van der Waals surface area contributed by atoms with Crippen LogP contribution in [0.15, 0.2) is 24.3 Å². The van der Waals surface area contributed by atoms with Crippen LogP contribution in [0.3, 0.4) is 0 Å². The predicted molar refractivity (Wildman–Crippen MR) is 87.9 cm³/mol. The Kier molecular flexibility index (Phi) is 6.22. The SMILES string of the molecule is CCCNC1CCC(C(C)C)CC1Cc1ccc(F)cc1. The summed E-state index contributed by atoms with van der Waals surface area (Å²) in [5, 5.41) is 3.74. The van der Waals surface area contributed by atoms with E-state index in [4.69, 9.17) is 0 Å². The fourth-order valence-corrected chi connectivity index (χ4v) is 3.65. The van der Waals surface area contributed by atoms with Gasteiger partial charge in [-0.15, -0.1) is 0 Å². The van der Waals surface area contributed by atoms with Gasteiger partial charge in [0.2, 0.25) is 0 Å². The normalized spacial score (nSPS) is 26.2. The summed E-state index contributed by atoms with van der Waals surface area (Å²) in [6.07, 6.45) is 6.20. The highest BCUT2D eigenvalue weighted by molar-refractivity contribution is 5.17. The van der Waals surface area contributed by atoms with Crippen molar-refractivity contribution in [3.05, 3.63) is 35.6 Å². The van der Waals surface area contributed by atoms with E-state index >= 15 is 0 Å². The third-order valence-electron chi connectivity index (χ3n) is 5.03. The highest BCUT2D eigenvalue weighted by Crippen LogP contribution is 2.35. The van der Waals surface area contributed by atoms with Gasteiger partial charge in [0.1, 0.15) is 5.82 Å². The smallest absolute Gasteiger partial charge is 0.123 e. The zero-order chi connectivity index (χ0) is 15.2. The van der Waals surface area contributed by atoms with Crippen LogP contribution >= 0.6 is 0 Å². The summed E-state index contributed by atoms with van der Waals surface area (Å²) in [4.78, 5) is 0. The van der Waals surface area contributed by atoms with E-state index in [0.717, 1.165) is 24.8 Å². The lowest BCUT2D eigenvalue weighted by atomic mass is 9.71. The van der Waals surface area contributed by atoms with Crippen molar-refractivity contribution in [3.63, 3.8) is 0 Å². The van der Waals surface area contributed by atoms with Gasteiger partial charge >= 0.3 is 0 Å². The van der Waals surface area contributed by atoms with Crippen molar-refractivity contribution in [2.75, 3.05) is 6.54 Å². The fraction of sp³-hybridized carbons (Fsp3) is 0.684. The van der Waals surface area contributed by atoms with Crippen molar-refractivity contribution in [2.45, 2.75) is 58.9 Å². The average molecular weight is 291 g/mol. The van der Waals surface area contributed by atoms with Crippen LogP contribution in [0.4, 0.5) is 4.39 Å². The molecule has 21 heavy (non-hydrogen) atoms. The summed E-state index contributed by atoms with van der Waals surface area (Å²) in [6.45, 7) is 8.03. The Balaban J connectivity index is 2.03. The molecule has 0 heterocycles. The molecule has 2 heteroatoms. The van der Waals surface area contributed by atoms with E-state index in [1.54, 1.807) is 12.1 Å². The molecule has 1 saturated carbocycles. The van der Waals surface area contributed by atoms with Crippen molar-refractivity contribution in [2.24, 2.45) is 17.8 Å². The predicted octanol–water partition coefficient (Wildman–Crippen LogP) is 4.81. The second-order valence-electron chi connectivity index (χ2n) is 6.97. The lowest BCUT2D eigenvalue weighted by molar-refractivity contribution is 0.167. The molecular weight excluding hydrogens is 261 g/mol. The molecule has 0 bridgehead atoms. The molecule has 1 aromatic rings. The summed E-state index contributed by atoms with van der Waals surface area (Å²) in [6, 6.07) is 7.71. The third-order valence-corrected chi connectivity index (χ3v) is 5.03. The van der Waals surface area contributed by atoms with Crippen molar-refractivity contribution >= 4 is 0 Å². The van der Waals surface area contributed by atoms with Gasteiger partial charge in [-0.05, 0) is 74.1 Å².